The van der Waals surface area contributed by atoms with E-state index in [4.69, 9.17) is 10.5 Å². The summed E-state index contributed by atoms with van der Waals surface area (Å²) in [4.78, 5) is 13.5. The van der Waals surface area contributed by atoms with Gasteiger partial charge in [-0.05, 0) is 79.7 Å². The molecule has 0 aliphatic carbocycles. The largest absolute Gasteiger partial charge is 0.381 e. The maximum atomic E-state index is 13.2. The standard InChI is InChI=1S/C26H33NO4S3/c1-4-21-9-12-24(19(2)18-21)33-20(3)32-17-5-6-22-7-10-23(11-8-22)34(29,30)26(25(27)28)13-15-31-16-14-26/h7-12,18H,3-6,13-17H2,1-2H3,(H2,27,28). The molecule has 0 bridgehead atoms. The van der Waals surface area contributed by atoms with Crippen molar-refractivity contribution in [1.82, 2.24) is 0 Å². The molecule has 1 fully saturated rings. The molecule has 5 nitrogen and oxygen atoms in total. The fourth-order valence-corrected chi connectivity index (χ4v) is 7.86. The summed E-state index contributed by atoms with van der Waals surface area (Å²) in [5.74, 6) is 0.134. The van der Waals surface area contributed by atoms with Crippen LogP contribution in [0.25, 0.3) is 0 Å². The lowest BCUT2D eigenvalue weighted by molar-refractivity contribution is -0.122. The first kappa shape index (κ1) is 26.9. The Balaban J connectivity index is 1.52. The molecule has 0 spiro atoms. The van der Waals surface area contributed by atoms with E-state index in [1.807, 2.05) is 12.1 Å². The Morgan fingerprint density at radius 3 is 2.35 bits per heavy atom. The highest BCUT2D eigenvalue weighted by Crippen LogP contribution is 2.37. The minimum atomic E-state index is -3.89. The van der Waals surface area contributed by atoms with Crippen molar-refractivity contribution in [2.24, 2.45) is 5.73 Å². The Kier molecular flexibility index (Phi) is 9.32. The number of primary amides is 1. The van der Waals surface area contributed by atoms with Crippen molar-refractivity contribution in [3.8, 4) is 0 Å². The van der Waals surface area contributed by atoms with E-state index in [9.17, 15) is 13.2 Å². The normalized spacial score (nSPS) is 15.7. The Morgan fingerprint density at radius 1 is 1.12 bits per heavy atom. The van der Waals surface area contributed by atoms with Gasteiger partial charge in [-0.25, -0.2) is 8.42 Å². The van der Waals surface area contributed by atoms with Gasteiger partial charge >= 0.3 is 0 Å². The summed E-state index contributed by atoms with van der Waals surface area (Å²) in [6.07, 6.45) is 3.01. The van der Waals surface area contributed by atoms with Gasteiger partial charge in [-0.2, -0.15) is 0 Å². The quantitative estimate of drug-likeness (QED) is 0.320. The number of hydrogen-bond acceptors (Lipinski definition) is 6. The maximum Gasteiger partial charge on any atom is 0.239 e. The Labute approximate surface area is 211 Å². The van der Waals surface area contributed by atoms with E-state index < -0.39 is 20.5 Å². The molecular formula is C26H33NO4S3. The summed E-state index contributed by atoms with van der Waals surface area (Å²) in [5.41, 5.74) is 9.23. The first-order valence-electron chi connectivity index (χ1n) is 11.5. The van der Waals surface area contributed by atoms with Crippen molar-refractivity contribution in [1.29, 1.82) is 0 Å². The van der Waals surface area contributed by atoms with Gasteiger partial charge in [0.15, 0.2) is 14.6 Å². The third-order valence-electron chi connectivity index (χ3n) is 6.24. The predicted octanol–water partition coefficient (Wildman–Crippen LogP) is 5.29. The van der Waals surface area contributed by atoms with Crippen molar-refractivity contribution < 1.29 is 17.9 Å². The lowest BCUT2D eigenvalue weighted by atomic mass is 9.98. The number of sulfone groups is 1. The smallest absolute Gasteiger partial charge is 0.239 e. The third kappa shape index (κ3) is 6.08. The molecule has 1 heterocycles. The van der Waals surface area contributed by atoms with E-state index in [2.05, 4.69) is 38.6 Å². The van der Waals surface area contributed by atoms with Crippen LogP contribution in [0.1, 0.15) is 42.9 Å². The van der Waals surface area contributed by atoms with Gasteiger partial charge in [-0.15, -0.1) is 11.8 Å². The van der Waals surface area contributed by atoms with Crippen LogP contribution in [-0.2, 0) is 32.2 Å². The second-order valence-corrected chi connectivity index (χ2v) is 13.3. The summed E-state index contributed by atoms with van der Waals surface area (Å²) in [6, 6.07) is 13.4. The van der Waals surface area contributed by atoms with Gasteiger partial charge in [-0.3, -0.25) is 4.79 Å². The number of carbonyl (C=O) groups is 1. The second kappa shape index (κ2) is 11.8. The molecule has 0 atom stereocenters. The molecule has 2 N–H and O–H groups in total. The fourth-order valence-electron chi connectivity index (χ4n) is 4.07. The molecule has 1 aliphatic heterocycles. The third-order valence-corrected chi connectivity index (χ3v) is 11.1. The van der Waals surface area contributed by atoms with Crippen LogP contribution in [0.15, 0.2) is 63.1 Å². The second-order valence-electron chi connectivity index (χ2n) is 8.50. The molecule has 34 heavy (non-hydrogen) atoms. The van der Waals surface area contributed by atoms with Gasteiger partial charge in [-0.1, -0.05) is 49.5 Å². The van der Waals surface area contributed by atoms with Crippen LogP contribution in [0.4, 0.5) is 0 Å². The number of nitrogens with two attached hydrogens (primary N) is 1. The van der Waals surface area contributed by atoms with Crippen molar-refractivity contribution in [2.75, 3.05) is 19.0 Å². The van der Waals surface area contributed by atoms with Gasteiger partial charge in [0.2, 0.25) is 5.91 Å². The topological polar surface area (TPSA) is 86.5 Å². The number of amides is 1. The first-order chi connectivity index (χ1) is 16.2. The van der Waals surface area contributed by atoms with Crippen molar-refractivity contribution in [3.05, 3.63) is 70.0 Å². The highest BCUT2D eigenvalue weighted by Gasteiger charge is 2.50. The molecule has 8 heteroatoms. The average molecular weight is 520 g/mol. The van der Waals surface area contributed by atoms with E-state index in [1.54, 1.807) is 35.7 Å². The summed E-state index contributed by atoms with van der Waals surface area (Å²) >= 11 is 3.46. The molecule has 1 saturated heterocycles. The molecule has 184 valence electrons. The van der Waals surface area contributed by atoms with E-state index in [0.717, 1.165) is 34.8 Å². The molecule has 0 radical (unpaired) electrons. The summed E-state index contributed by atoms with van der Waals surface area (Å²) < 4.78 is 31.2. The van der Waals surface area contributed by atoms with Crippen molar-refractivity contribution in [2.45, 2.75) is 60.5 Å². The number of carbonyl (C=O) groups excluding carboxylic acids is 1. The van der Waals surface area contributed by atoms with Crippen LogP contribution in [0, 0.1) is 6.92 Å². The highest BCUT2D eigenvalue weighted by molar-refractivity contribution is 8.22. The molecule has 3 rings (SSSR count). The van der Waals surface area contributed by atoms with Crippen LogP contribution >= 0.6 is 23.5 Å². The number of aryl methyl sites for hydroxylation is 3. The fraction of sp³-hybridized carbons (Fsp3) is 0.423. The van der Waals surface area contributed by atoms with Crippen LogP contribution in [-0.4, -0.2) is 38.0 Å². The molecular weight excluding hydrogens is 486 g/mol. The Bertz CT molecular complexity index is 1120. The van der Waals surface area contributed by atoms with Gasteiger partial charge in [0, 0.05) is 22.3 Å². The van der Waals surface area contributed by atoms with Crippen LogP contribution in [0.2, 0.25) is 0 Å². The minimum Gasteiger partial charge on any atom is -0.381 e. The Hall–Kier alpha value is -1.74. The zero-order valence-corrected chi connectivity index (χ0v) is 22.3. The van der Waals surface area contributed by atoms with Crippen molar-refractivity contribution in [3.63, 3.8) is 0 Å². The average Bonchev–Trinajstić information content (AvgIpc) is 2.83. The monoisotopic (exact) mass is 519 g/mol. The molecule has 1 amide bonds. The van der Waals surface area contributed by atoms with E-state index in [-0.39, 0.29) is 31.0 Å². The summed E-state index contributed by atoms with van der Waals surface area (Å²) in [6.45, 7) is 8.92. The molecule has 1 aliphatic rings. The number of hydrogen-bond donors (Lipinski definition) is 1. The highest BCUT2D eigenvalue weighted by atomic mass is 32.2. The van der Waals surface area contributed by atoms with Crippen LogP contribution < -0.4 is 5.73 Å². The number of rotatable bonds is 11. The molecule has 2 aromatic carbocycles. The molecule has 0 unspecified atom stereocenters. The van der Waals surface area contributed by atoms with E-state index in [1.165, 1.54) is 16.0 Å². The van der Waals surface area contributed by atoms with Crippen LogP contribution in [0.3, 0.4) is 0 Å². The van der Waals surface area contributed by atoms with Crippen LogP contribution in [0.5, 0.6) is 0 Å². The number of thioether (sulfide) groups is 2. The predicted molar refractivity (Wildman–Crippen MR) is 142 cm³/mol. The minimum absolute atomic E-state index is 0.0911. The van der Waals surface area contributed by atoms with Gasteiger partial charge < -0.3 is 10.5 Å². The van der Waals surface area contributed by atoms with Gasteiger partial charge in [0.1, 0.15) is 0 Å². The van der Waals surface area contributed by atoms with E-state index >= 15 is 0 Å². The first-order valence-corrected chi connectivity index (χ1v) is 14.8. The Morgan fingerprint density at radius 2 is 1.76 bits per heavy atom. The summed E-state index contributed by atoms with van der Waals surface area (Å²) in [5, 5.41) is 0. The maximum absolute atomic E-state index is 13.2. The van der Waals surface area contributed by atoms with E-state index in [0.29, 0.717) is 0 Å². The zero-order valence-electron chi connectivity index (χ0n) is 19.8. The SMILES string of the molecule is C=C(SCCCc1ccc(S(=O)(=O)C2(C(N)=O)CCOCC2)cc1)Sc1ccc(CC)cc1C. The lowest BCUT2D eigenvalue weighted by Gasteiger charge is -2.33. The molecule has 0 saturated carbocycles. The van der Waals surface area contributed by atoms with Gasteiger partial charge in [0.05, 0.1) is 4.90 Å². The number of ether oxygens (including phenoxy) is 1. The lowest BCUT2D eigenvalue weighted by Crippen LogP contribution is -2.53. The number of benzene rings is 2. The summed E-state index contributed by atoms with van der Waals surface area (Å²) in [7, 11) is -3.89. The van der Waals surface area contributed by atoms with Crippen molar-refractivity contribution >= 4 is 39.3 Å². The molecule has 2 aromatic rings. The van der Waals surface area contributed by atoms with Gasteiger partial charge in [0.25, 0.3) is 0 Å². The zero-order chi connectivity index (χ0) is 24.8. The molecule has 0 aromatic heterocycles.